The van der Waals surface area contributed by atoms with E-state index in [1.54, 1.807) is 6.92 Å². The number of hydrogen-bond donors (Lipinski definition) is 0. The number of amides is 1. The van der Waals surface area contributed by atoms with E-state index in [1.165, 1.54) is 5.56 Å². The molecule has 1 aliphatic heterocycles. The average Bonchev–Trinajstić information content (AvgIpc) is 3.26. The van der Waals surface area contributed by atoms with Crippen molar-refractivity contribution in [2.24, 2.45) is 0 Å². The lowest BCUT2D eigenvalue weighted by molar-refractivity contribution is -0.138. The van der Waals surface area contributed by atoms with Gasteiger partial charge in [0.25, 0.3) is 5.89 Å². The number of aryl methyl sites for hydroxylation is 1. The lowest BCUT2D eigenvalue weighted by atomic mass is 9.87. The predicted octanol–water partition coefficient (Wildman–Crippen LogP) is 3.08. The van der Waals surface area contributed by atoms with E-state index in [0.717, 1.165) is 25.8 Å². The van der Waals surface area contributed by atoms with Crippen molar-refractivity contribution >= 4 is 5.91 Å². The second-order valence-electron chi connectivity index (χ2n) is 6.45. The first-order valence-electron chi connectivity index (χ1n) is 8.90. The topological polar surface area (TPSA) is 68.5 Å². The van der Waals surface area contributed by atoms with Crippen LogP contribution in [-0.2, 0) is 16.1 Å². The van der Waals surface area contributed by atoms with E-state index in [-0.39, 0.29) is 25.2 Å². The second-order valence-corrected chi connectivity index (χ2v) is 6.45. The SMILES string of the molecule is CC[C@@H](c1ccccc1)[C@@H]1CCCN1C(=O)COCc1nc(C)no1. The Hall–Kier alpha value is -2.21. The zero-order valence-corrected chi connectivity index (χ0v) is 14.9. The van der Waals surface area contributed by atoms with Gasteiger partial charge in [-0.2, -0.15) is 4.98 Å². The van der Waals surface area contributed by atoms with Crippen LogP contribution in [0.5, 0.6) is 0 Å². The van der Waals surface area contributed by atoms with Crippen LogP contribution in [-0.4, -0.2) is 40.1 Å². The summed E-state index contributed by atoms with van der Waals surface area (Å²) >= 11 is 0. The van der Waals surface area contributed by atoms with E-state index in [2.05, 4.69) is 41.3 Å². The molecule has 0 aliphatic carbocycles. The van der Waals surface area contributed by atoms with E-state index in [4.69, 9.17) is 9.26 Å². The van der Waals surface area contributed by atoms with Crippen molar-refractivity contribution < 1.29 is 14.1 Å². The predicted molar refractivity (Wildman–Crippen MR) is 92.9 cm³/mol. The molecule has 0 N–H and O–H groups in total. The summed E-state index contributed by atoms with van der Waals surface area (Å²) in [5.41, 5.74) is 1.30. The van der Waals surface area contributed by atoms with Crippen LogP contribution in [0.15, 0.2) is 34.9 Å². The van der Waals surface area contributed by atoms with Crippen molar-refractivity contribution in [1.82, 2.24) is 15.0 Å². The third kappa shape index (κ3) is 4.25. The van der Waals surface area contributed by atoms with E-state index in [1.807, 2.05) is 11.0 Å². The maximum Gasteiger partial charge on any atom is 0.252 e. The molecule has 1 aromatic heterocycles. The molecule has 1 aromatic carbocycles. The summed E-state index contributed by atoms with van der Waals surface area (Å²) in [6.07, 6.45) is 3.10. The standard InChI is InChI=1S/C19H25N3O3/c1-3-16(15-8-5-4-6-9-15)17-10-7-11-22(17)19(23)13-24-12-18-20-14(2)21-25-18/h4-6,8-9,16-17H,3,7,10-13H2,1-2H3/t16-,17-/m0/s1. The fourth-order valence-electron chi connectivity index (χ4n) is 3.66. The summed E-state index contributed by atoms with van der Waals surface area (Å²) in [4.78, 5) is 18.7. The molecule has 2 aromatic rings. The summed E-state index contributed by atoms with van der Waals surface area (Å²) in [6.45, 7) is 4.95. The monoisotopic (exact) mass is 343 g/mol. The van der Waals surface area contributed by atoms with Gasteiger partial charge in [0.05, 0.1) is 0 Å². The van der Waals surface area contributed by atoms with Gasteiger partial charge in [0, 0.05) is 18.5 Å². The summed E-state index contributed by atoms with van der Waals surface area (Å²) in [5.74, 6) is 1.37. The molecular weight excluding hydrogens is 318 g/mol. The van der Waals surface area contributed by atoms with Crippen molar-refractivity contribution in [1.29, 1.82) is 0 Å². The molecule has 0 saturated carbocycles. The summed E-state index contributed by atoms with van der Waals surface area (Å²) < 4.78 is 10.5. The molecule has 0 spiro atoms. The quantitative estimate of drug-likeness (QED) is 0.773. The third-order valence-corrected chi connectivity index (χ3v) is 4.77. The summed E-state index contributed by atoms with van der Waals surface area (Å²) in [5, 5.41) is 3.71. The Labute approximate surface area is 148 Å². The van der Waals surface area contributed by atoms with Crippen LogP contribution in [0.25, 0.3) is 0 Å². The van der Waals surface area contributed by atoms with Crippen LogP contribution in [0.3, 0.4) is 0 Å². The maximum atomic E-state index is 12.6. The molecule has 0 unspecified atom stereocenters. The molecule has 6 heteroatoms. The number of carbonyl (C=O) groups is 1. The first-order valence-corrected chi connectivity index (χ1v) is 8.90. The molecule has 1 amide bonds. The Morgan fingerprint density at radius 2 is 2.20 bits per heavy atom. The van der Waals surface area contributed by atoms with E-state index < -0.39 is 0 Å². The average molecular weight is 343 g/mol. The number of rotatable bonds is 7. The van der Waals surface area contributed by atoms with Gasteiger partial charge < -0.3 is 14.2 Å². The number of aromatic nitrogens is 2. The van der Waals surface area contributed by atoms with E-state index in [0.29, 0.717) is 17.6 Å². The molecule has 1 saturated heterocycles. The summed E-state index contributed by atoms with van der Waals surface area (Å²) in [6, 6.07) is 10.7. The lowest BCUT2D eigenvalue weighted by Crippen LogP contribution is -2.41. The van der Waals surface area contributed by atoms with Gasteiger partial charge in [-0.15, -0.1) is 0 Å². The Morgan fingerprint density at radius 1 is 1.40 bits per heavy atom. The zero-order chi connectivity index (χ0) is 17.6. The fourth-order valence-corrected chi connectivity index (χ4v) is 3.66. The second kappa shape index (κ2) is 8.25. The van der Waals surface area contributed by atoms with E-state index in [9.17, 15) is 4.79 Å². The lowest BCUT2D eigenvalue weighted by Gasteiger charge is -2.31. The first-order chi connectivity index (χ1) is 12.2. The van der Waals surface area contributed by atoms with Gasteiger partial charge in [-0.3, -0.25) is 4.79 Å². The minimum absolute atomic E-state index is 0.0353. The Bertz CT molecular complexity index is 686. The van der Waals surface area contributed by atoms with Gasteiger partial charge >= 0.3 is 0 Å². The molecule has 6 nitrogen and oxygen atoms in total. The molecule has 0 bridgehead atoms. The fraction of sp³-hybridized carbons (Fsp3) is 0.526. The number of likely N-dealkylation sites (tertiary alicyclic amines) is 1. The Kier molecular flexibility index (Phi) is 5.81. The highest BCUT2D eigenvalue weighted by molar-refractivity contribution is 5.78. The summed E-state index contributed by atoms with van der Waals surface area (Å²) in [7, 11) is 0. The van der Waals surface area contributed by atoms with Gasteiger partial charge in [-0.25, -0.2) is 0 Å². The van der Waals surface area contributed by atoms with Crippen molar-refractivity contribution in [2.75, 3.05) is 13.2 Å². The molecular formula is C19H25N3O3. The van der Waals surface area contributed by atoms with Gasteiger partial charge in [0.1, 0.15) is 13.2 Å². The van der Waals surface area contributed by atoms with Crippen LogP contribution in [0.4, 0.5) is 0 Å². The van der Waals surface area contributed by atoms with E-state index >= 15 is 0 Å². The van der Waals surface area contributed by atoms with Crippen LogP contribution in [0.2, 0.25) is 0 Å². The smallest absolute Gasteiger partial charge is 0.252 e. The van der Waals surface area contributed by atoms with Gasteiger partial charge in [0.2, 0.25) is 5.91 Å². The molecule has 25 heavy (non-hydrogen) atoms. The Morgan fingerprint density at radius 3 is 2.88 bits per heavy atom. The number of hydrogen-bond acceptors (Lipinski definition) is 5. The molecule has 134 valence electrons. The molecule has 2 heterocycles. The van der Waals surface area contributed by atoms with Crippen LogP contribution in [0, 0.1) is 6.92 Å². The highest BCUT2D eigenvalue weighted by Gasteiger charge is 2.34. The van der Waals surface area contributed by atoms with Crippen LogP contribution >= 0.6 is 0 Å². The number of benzene rings is 1. The van der Waals surface area contributed by atoms with Crippen LogP contribution in [0.1, 0.15) is 49.4 Å². The van der Waals surface area contributed by atoms with Crippen molar-refractivity contribution in [2.45, 2.75) is 51.7 Å². The molecule has 0 radical (unpaired) electrons. The largest absolute Gasteiger partial charge is 0.362 e. The third-order valence-electron chi connectivity index (χ3n) is 4.77. The molecule has 2 atom stereocenters. The first kappa shape index (κ1) is 17.6. The normalized spacial score (nSPS) is 18.5. The van der Waals surface area contributed by atoms with Crippen molar-refractivity contribution in [3.63, 3.8) is 0 Å². The molecule has 3 rings (SSSR count). The number of carbonyl (C=O) groups excluding carboxylic acids is 1. The highest BCUT2D eigenvalue weighted by atomic mass is 16.5. The minimum Gasteiger partial charge on any atom is -0.362 e. The highest BCUT2D eigenvalue weighted by Crippen LogP contribution is 2.33. The van der Waals surface area contributed by atoms with Crippen molar-refractivity contribution in [3.8, 4) is 0 Å². The zero-order valence-electron chi connectivity index (χ0n) is 14.9. The minimum atomic E-state index is 0.0353. The van der Waals surface area contributed by atoms with Crippen molar-refractivity contribution in [3.05, 3.63) is 47.6 Å². The molecule has 1 fully saturated rings. The number of nitrogens with zero attached hydrogens (tertiary/aromatic N) is 3. The maximum absolute atomic E-state index is 12.6. The Balaban J connectivity index is 1.59. The van der Waals surface area contributed by atoms with Crippen LogP contribution < -0.4 is 0 Å². The molecule has 1 aliphatic rings. The van der Waals surface area contributed by atoms with Gasteiger partial charge in [-0.1, -0.05) is 42.4 Å². The number of ether oxygens (including phenoxy) is 1. The van der Waals surface area contributed by atoms with Gasteiger partial charge in [0.15, 0.2) is 5.82 Å². The van der Waals surface area contributed by atoms with Gasteiger partial charge in [-0.05, 0) is 31.7 Å².